The molecule has 5 N–H and O–H groups in total. The Labute approximate surface area is 249 Å². The lowest BCUT2D eigenvalue weighted by molar-refractivity contribution is 0.356. The second-order valence-corrected chi connectivity index (χ2v) is 11.4. The van der Waals surface area contributed by atoms with Gasteiger partial charge in [-0.15, -0.1) is 5.10 Å². The number of nitrogens with one attached hydrogen (secondary N) is 5. The van der Waals surface area contributed by atoms with Crippen LogP contribution in [0.3, 0.4) is 0 Å². The number of benzene rings is 1. The van der Waals surface area contributed by atoms with Gasteiger partial charge in [-0.3, -0.25) is 4.68 Å². The van der Waals surface area contributed by atoms with Crippen LogP contribution in [-0.4, -0.2) is 84.0 Å². The number of nitrogens with zero attached hydrogens (tertiary/aromatic N) is 5. The number of aryl methyl sites for hydroxylation is 1. The van der Waals surface area contributed by atoms with Crippen molar-refractivity contribution in [3.8, 4) is 11.5 Å². The Morgan fingerprint density at radius 2 is 1.69 bits per heavy atom. The van der Waals surface area contributed by atoms with Gasteiger partial charge < -0.3 is 36.1 Å². The molecule has 1 aliphatic heterocycles. The van der Waals surface area contributed by atoms with Crippen molar-refractivity contribution >= 4 is 22.7 Å². The molecule has 1 aliphatic carbocycles. The van der Waals surface area contributed by atoms with E-state index in [0.29, 0.717) is 30.0 Å². The maximum absolute atomic E-state index is 5.55. The van der Waals surface area contributed by atoms with E-state index in [2.05, 4.69) is 36.9 Å². The van der Waals surface area contributed by atoms with Crippen molar-refractivity contribution in [1.29, 1.82) is 0 Å². The number of piperidine rings is 1. The van der Waals surface area contributed by atoms with Crippen LogP contribution < -0.4 is 36.1 Å². The predicted molar refractivity (Wildman–Crippen MR) is 166 cm³/mol. The Kier molecular flexibility index (Phi) is 11.4. The van der Waals surface area contributed by atoms with Gasteiger partial charge in [0.15, 0.2) is 11.5 Å². The smallest absolute Gasteiger partial charge is 0.225 e. The van der Waals surface area contributed by atoms with Crippen molar-refractivity contribution in [2.24, 2.45) is 0 Å². The molecule has 230 valence electrons. The quantitative estimate of drug-likeness (QED) is 0.160. The van der Waals surface area contributed by atoms with Crippen LogP contribution in [0.5, 0.6) is 11.5 Å². The van der Waals surface area contributed by atoms with Gasteiger partial charge in [-0.1, -0.05) is 24.5 Å². The number of rotatable bonds is 16. The summed E-state index contributed by atoms with van der Waals surface area (Å²) in [7, 11) is 3.27. The number of fused-ring (bicyclic) bond motifs is 1. The van der Waals surface area contributed by atoms with Gasteiger partial charge in [0.25, 0.3) is 0 Å². The molecule has 42 heavy (non-hydrogen) atoms. The first-order chi connectivity index (χ1) is 20.7. The van der Waals surface area contributed by atoms with Crippen molar-refractivity contribution in [3.05, 3.63) is 24.0 Å². The number of aromatic nitrogens is 5. The Morgan fingerprint density at radius 3 is 2.50 bits per heavy atom. The predicted octanol–water partition coefficient (Wildman–Crippen LogP) is 3.31. The van der Waals surface area contributed by atoms with Crippen LogP contribution in [0.25, 0.3) is 10.9 Å². The van der Waals surface area contributed by atoms with E-state index < -0.39 is 0 Å². The van der Waals surface area contributed by atoms with Crippen LogP contribution in [0.4, 0.5) is 11.8 Å². The van der Waals surface area contributed by atoms with Crippen LogP contribution in [0.15, 0.2) is 18.3 Å². The van der Waals surface area contributed by atoms with Gasteiger partial charge in [0.1, 0.15) is 11.5 Å². The monoisotopic (exact) mass is 580 g/mol. The number of hydrogen-bond donors (Lipinski definition) is 5. The van der Waals surface area contributed by atoms with Crippen LogP contribution in [0.1, 0.15) is 63.5 Å². The minimum atomic E-state index is 0.345. The van der Waals surface area contributed by atoms with E-state index in [1.165, 1.54) is 38.5 Å². The molecule has 12 heteroatoms. The van der Waals surface area contributed by atoms with E-state index in [9.17, 15) is 0 Å². The number of hydrogen-bond acceptors (Lipinski definition) is 11. The Hall–Kier alpha value is -3.22. The fourth-order valence-corrected chi connectivity index (χ4v) is 5.82. The summed E-state index contributed by atoms with van der Waals surface area (Å²) in [5.41, 5.74) is 1.63. The van der Waals surface area contributed by atoms with E-state index >= 15 is 0 Å². The molecule has 5 rings (SSSR count). The minimum Gasteiger partial charge on any atom is -0.493 e. The molecule has 1 aromatic carbocycles. The lowest BCUT2D eigenvalue weighted by atomic mass is 9.95. The highest BCUT2D eigenvalue weighted by atomic mass is 16.5. The summed E-state index contributed by atoms with van der Waals surface area (Å²) >= 11 is 0. The molecular formula is C30H48N10O2. The largest absolute Gasteiger partial charge is 0.493 e. The average molecular weight is 581 g/mol. The van der Waals surface area contributed by atoms with Gasteiger partial charge in [0.05, 0.1) is 32.5 Å². The topological polar surface area (TPSA) is 135 Å². The second kappa shape index (κ2) is 15.9. The minimum absolute atomic E-state index is 0.345. The van der Waals surface area contributed by atoms with Gasteiger partial charge in [-0.25, -0.2) is 4.98 Å². The van der Waals surface area contributed by atoms with Gasteiger partial charge in [0, 0.05) is 30.1 Å². The van der Waals surface area contributed by atoms with Crippen molar-refractivity contribution in [2.75, 3.05) is 57.6 Å². The molecule has 3 aromatic rings. The van der Waals surface area contributed by atoms with E-state index in [0.717, 1.165) is 87.0 Å². The average Bonchev–Trinajstić information content (AvgIpc) is 3.49. The first-order valence-electron chi connectivity index (χ1n) is 15.7. The highest BCUT2D eigenvalue weighted by Gasteiger charge is 2.18. The number of methoxy groups -OCH3 is 2. The zero-order chi connectivity index (χ0) is 29.0. The van der Waals surface area contributed by atoms with Gasteiger partial charge in [-0.05, 0) is 77.3 Å². The summed E-state index contributed by atoms with van der Waals surface area (Å²) < 4.78 is 13.0. The van der Waals surface area contributed by atoms with E-state index in [1.54, 1.807) is 14.2 Å². The van der Waals surface area contributed by atoms with Crippen LogP contribution in [-0.2, 0) is 13.1 Å². The Morgan fingerprint density at radius 1 is 0.905 bits per heavy atom. The standard InChI is InChI=1S/C30H48N10O2/c1-41-27-18-25-26(19-28(27)42-2)36-30(37-29(25)35-23-10-15-32-16-11-23)34-20-24-21-40(39-38-24)17-7-13-31-12-6-14-33-22-8-4-3-5-9-22/h18-19,21-23,31-33H,3-17,20H2,1-2H3,(H2,34,35,36,37). The number of anilines is 2. The molecule has 0 unspecified atom stereocenters. The van der Waals surface area contributed by atoms with Crippen molar-refractivity contribution in [1.82, 2.24) is 40.9 Å². The molecular weight excluding hydrogens is 532 g/mol. The molecule has 2 aliphatic rings. The summed E-state index contributed by atoms with van der Waals surface area (Å²) in [5, 5.41) is 27.2. The summed E-state index contributed by atoms with van der Waals surface area (Å²) in [4.78, 5) is 9.62. The lowest BCUT2D eigenvalue weighted by Gasteiger charge is -2.25. The third kappa shape index (κ3) is 8.65. The third-order valence-electron chi connectivity index (χ3n) is 8.20. The molecule has 2 fully saturated rings. The number of ether oxygens (including phenoxy) is 2. The van der Waals surface area contributed by atoms with Crippen LogP contribution >= 0.6 is 0 Å². The maximum atomic E-state index is 5.55. The van der Waals surface area contributed by atoms with Gasteiger partial charge >= 0.3 is 0 Å². The molecule has 12 nitrogen and oxygen atoms in total. The molecule has 2 aromatic heterocycles. The summed E-state index contributed by atoms with van der Waals surface area (Å²) in [5.74, 6) is 2.61. The molecule has 3 heterocycles. The first-order valence-corrected chi connectivity index (χ1v) is 15.7. The normalized spacial score (nSPS) is 16.5. The second-order valence-electron chi connectivity index (χ2n) is 11.4. The molecule has 0 amide bonds. The summed E-state index contributed by atoms with van der Waals surface area (Å²) in [6.07, 6.45) is 13.1. The van der Waals surface area contributed by atoms with Crippen LogP contribution in [0, 0.1) is 0 Å². The molecule has 0 atom stereocenters. The van der Waals surface area contributed by atoms with Crippen molar-refractivity contribution in [2.45, 2.75) is 83.0 Å². The van der Waals surface area contributed by atoms with Crippen molar-refractivity contribution < 1.29 is 9.47 Å². The molecule has 1 saturated heterocycles. The van der Waals surface area contributed by atoms with E-state index in [-0.39, 0.29) is 0 Å². The molecule has 1 saturated carbocycles. The molecule has 0 bridgehead atoms. The highest BCUT2D eigenvalue weighted by molar-refractivity contribution is 5.92. The third-order valence-corrected chi connectivity index (χ3v) is 8.20. The first kappa shape index (κ1) is 30.2. The SMILES string of the molecule is COc1cc2nc(NCc3cn(CCCNCCCNC4CCCCC4)nn3)nc(NC3CCNCC3)c2cc1OC. The van der Waals surface area contributed by atoms with E-state index in [4.69, 9.17) is 19.4 Å². The van der Waals surface area contributed by atoms with Gasteiger partial charge in [0.2, 0.25) is 5.95 Å². The highest BCUT2D eigenvalue weighted by Crippen LogP contribution is 2.35. The fraction of sp³-hybridized carbons (Fsp3) is 0.667. The lowest BCUT2D eigenvalue weighted by Crippen LogP contribution is -2.35. The Bertz CT molecular complexity index is 1240. The Balaban J connectivity index is 1.10. The fourth-order valence-electron chi connectivity index (χ4n) is 5.82. The van der Waals surface area contributed by atoms with E-state index in [1.807, 2.05) is 23.0 Å². The molecule has 0 radical (unpaired) electrons. The van der Waals surface area contributed by atoms with Crippen LogP contribution in [0.2, 0.25) is 0 Å². The zero-order valence-corrected chi connectivity index (χ0v) is 25.3. The van der Waals surface area contributed by atoms with Crippen molar-refractivity contribution in [3.63, 3.8) is 0 Å². The summed E-state index contributed by atoms with van der Waals surface area (Å²) in [6.45, 7) is 6.43. The maximum Gasteiger partial charge on any atom is 0.225 e. The molecule has 0 spiro atoms. The van der Waals surface area contributed by atoms with Gasteiger partial charge in [-0.2, -0.15) is 4.98 Å². The zero-order valence-electron chi connectivity index (χ0n) is 25.3. The summed E-state index contributed by atoms with van der Waals surface area (Å²) in [6, 6.07) is 4.92.